The highest BCUT2D eigenvalue weighted by Crippen LogP contribution is 2.40. The Morgan fingerprint density at radius 2 is 2.13 bits per heavy atom. The number of thioether (sulfide) groups is 1. The summed E-state index contributed by atoms with van der Waals surface area (Å²) < 4.78 is 28.9. The van der Waals surface area contributed by atoms with E-state index in [9.17, 15) is 13.2 Å². The number of sulfone groups is 1. The van der Waals surface area contributed by atoms with Crippen molar-refractivity contribution in [2.24, 2.45) is 0 Å². The predicted molar refractivity (Wildman–Crippen MR) is 86.0 cm³/mol. The zero-order chi connectivity index (χ0) is 16.6. The number of carbonyl (C=O) groups excluding carboxylic acids is 1. The zero-order valence-electron chi connectivity index (χ0n) is 13.3. The number of carbonyl (C=O) groups is 1. The van der Waals surface area contributed by atoms with Gasteiger partial charge in [-0.15, -0.1) is 10.2 Å². The molecule has 9 heteroatoms. The highest BCUT2D eigenvalue weighted by Gasteiger charge is 2.36. The van der Waals surface area contributed by atoms with Gasteiger partial charge in [-0.2, -0.15) is 0 Å². The second kappa shape index (κ2) is 6.43. The molecule has 2 heterocycles. The molecule has 0 bridgehead atoms. The third-order valence-electron chi connectivity index (χ3n) is 4.25. The van der Waals surface area contributed by atoms with Crippen LogP contribution in [-0.2, 0) is 14.6 Å². The molecule has 1 amide bonds. The molecule has 0 unspecified atom stereocenters. The van der Waals surface area contributed by atoms with Crippen LogP contribution in [0, 0.1) is 0 Å². The average Bonchev–Trinajstić information content (AvgIpc) is 3.15. The molecular formula is C14H21N3O4S2. The largest absolute Gasteiger partial charge is 0.416 e. The number of nitrogens with zero attached hydrogens (tertiary/aromatic N) is 3. The first kappa shape index (κ1) is 16.8. The minimum Gasteiger partial charge on any atom is -0.416 e. The molecule has 2 fully saturated rings. The molecule has 0 aromatic carbocycles. The SMILES string of the molecule is CCN(C(=O)[C@H](C)Sc1nnc(C2CC2)o1)[C@H]1CCS(=O)(=O)C1. The first-order valence-electron chi connectivity index (χ1n) is 7.90. The second-order valence-electron chi connectivity index (χ2n) is 6.12. The van der Waals surface area contributed by atoms with Crippen LogP contribution >= 0.6 is 11.8 Å². The molecule has 0 spiro atoms. The van der Waals surface area contributed by atoms with Crippen molar-refractivity contribution in [2.45, 2.75) is 55.5 Å². The Balaban J connectivity index is 1.62. The van der Waals surface area contributed by atoms with Crippen LogP contribution in [0.4, 0.5) is 0 Å². The van der Waals surface area contributed by atoms with Gasteiger partial charge in [0.05, 0.1) is 16.8 Å². The Labute approximate surface area is 140 Å². The summed E-state index contributed by atoms with van der Waals surface area (Å²) in [4.78, 5) is 14.3. The van der Waals surface area contributed by atoms with Gasteiger partial charge in [-0.05, 0) is 33.1 Å². The maximum atomic E-state index is 12.7. The molecule has 1 aromatic rings. The Morgan fingerprint density at radius 1 is 1.39 bits per heavy atom. The Morgan fingerprint density at radius 3 is 2.70 bits per heavy atom. The van der Waals surface area contributed by atoms with E-state index in [4.69, 9.17) is 4.42 Å². The van der Waals surface area contributed by atoms with Gasteiger partial charge in [-0.25, -0.2) is 8.42 Å². The van der Waals surface area contributed by atoms with Crippen LogP contribution in [0.5, 0.6) is 0 Å². The molecular weight excluding hydrogens is 338 g/mol. The summed E-state index contributed by atoms with van der Waals surface area (Å²) >= 11 is 1.24. The van der Waals surface area contributed by atoms with E-state index in [-0.39, 0.29) is 28.7 Å². The summed E-state index contributed by atoms with van der Waals surface area (Å²) in [7, 11) is -3.01. The van der Waals surface area contributed by atoms with Crippen molar-refractivity contribution in [2.75, 3.05) is 18.1 Å². The van der Waals surface area contributed by atoms with E-state index >= 15 is 0 Å². The predicted octanol–water partition coefficient (Wildman–Crippen LogP) is 1.46. The number of rotatable bonds is 6. The molecule has 1 saturated carbocycles. The summed E-state index contributed by atoms with van der Waals surface area (Å²) in [6.45, 7) is 4.17. The van der Waals surface area contributed by atoms with Gasteiger partial charge < -0.3 is 9.32 Å². The van der Waals surface area contributed by atoms with Crippen molar-refractivity contribution in [3.8, 4) is 0 Å². The van der Waals surface area contributed by atoms with Crippen molar-refractivity contribution < 1.29 is 17.6 Å². The Bertz CT molecular complexity index is 684. The zero-order valence-corrected chi connectivity index (χ0v) is 14.9. The van der Waals surface area contributed by atoms with Crippen molar-refractivity contribution in [3.05, 3.63) is 5.89 Å². The second-order valence-corrected chi connectivity index (χ2v) is 9.64. The monoisotopic (exact) mass is 359 g/mol. The fourth-order valence-corrected chi connectivity index (χ4v) is 5.30. The number of hydrogen-bond donors (Lipinski definition) is 0. The van der Waals surface area contributed by atoms with E-state index in [0.29, 0.717) is 30.0 Å². The van der Waals surface area contributed by atoms with E-state index in [1.807, 2.05) is 6.92 Å². The van der Waals surface area contributed by atoms with E-state index in [1.54, 1.807) is 11.8 Å². The fourth-order valence-electron chi connectivity index (χ4n) is 2.81. The minimum absolute atomic E-state index is 0.0658. The summed E-state index contributed by atoms with van der Waals surface area (Å²) in [6.07, 6.45) is 2.69. The van der Waals surface area contributed by atoms with Gasteiger partial charge in [0, 0.05) is 18.5 Å². The van der Waals surface area contributed by atoms with Crippen LogP contribution in [0.3, 0.4) is 0 Å². The van der Waals surface area contributed by atoms with Crippen molar-refractivity contribution in [3.63, 3.8) is 0 Å². The van der Waals surface area contributed by atoms with Crippen LogP contribution in [0.2, 0.25) is 0 Å². The third kappa shape index (κ3) is 3.88. The van der Waals surface area contributed by atoms with Crippen LogP contribution in [0.25, 0.3) is 0 Å². The molecule has 1 saturated heterocycles. The molecule has 1 aliphatic heterocycles. The van der Waals surface area contributed by atoms with Gasteiger partial charge in [0.1, 0.15) is 0 Å². The van der Waals surface area contributed by atoms with Gasteiger partial charge in [0.2, 0.25) is 11.8 Å². The summed E-state index contributed by atoms with van der Waals surface area (Å²) in [5, 5.41) is 8.02. The van der Waals surface area contributed by atoms with Crippen LogP contribution in [0.1, 0.15) is 44.9 Å². The fraction of sp³-hybridized carbons (Fsp3) is 0.786. The van der Waals surface area contributed by atoms with Gasteiger partial charge in [0.25, 0.3) is 5.22 Å². The van der Waals surface area contributed by atoms with Gasteiger partial charge in [-0.1, -0.05) is 11.8 Å². The van der Waals surface area contributed by atoms with E-state index in [2.05, 4.69) is 10.2 Å². The lowest BCUT2D eigenvalue weighted by atomic mass is 10.2. The minimum atomic E-state index is -3.01. The molecule has 128 valence electrons. The maximum absolute atomic E-state index is 12.7. The molecule has 2 atom stereocenters. The molecule has 7 nitrogen and oxygen atoms in total. The number of aromatic nitrogens is 2. The highest BCUT2D eigenvalue weighted by atomic mass is 32.2. The van der Waals surface area contributed by atoms with E-state index < -0.39 is 9.84 Å². The molecule has 1 aliphatic carbocycles. The lowest BCUT2D eigenvalue weighted by molar-refractivity contribution is -0.131. The standard InChI is InChI=1S/C14H21N3O4S2/c1-3-17(11-6-7-23(19,20)8-11)13(18)9(2)22-14-16-15-12(21-14)10-4-5-10/h9-11H,3-8H2,1-2H3/t9-,11-/m0/s1. The molecule has 2 aliphatic rings. The topological polar surface area (TPSA) is 93.4 Å². The van der Waals surface area contributed by atoms with Crippen LogP contribution in [-0.4, -0.2) is 58.8 Å². The van der Waals surface area contributed by atoms with Crippen LogP contribution in [0.15, 0.2) is 9.64 Å². The summed E-state index contributed by atoms with van der Waals surface area (Å²) in [5.74, 6) is 1.19. The van der Waals surface area contributed by atoms with E-state index in [1.165, 1.54) is 11.8 Å². The lowest BCUT2D eigenvalue weighted by Crippen LogP contribution is -2.44. The highest BCUT2D eigenvalue weighted by molar-refractivity contribution is 8.00. The van der Waals surface area contributed by atoms with Crippen molar-refractivity contribution in [1.29, 1.82) is 0 Å². The molecule has 3 rings (SSSR count). The quantitative estimate of drug-likeness (QED) is 0.710. The first-order valence-corrected chi connectivity index (χ1v) is 10.6. The summed E-state index contributed by atoms with van der Waals surface area (Å²) in [5.41, 5.74) is 0. The van der Waals surface area contributed by atoms with Crippen LogP contribution < -0.4 is 0 Å². The van der Waals surface area contributed by atoms with E-state index in [0.717, 1.165) is 12.8 Å². The maximum Gasteiger partial charge on any atom is 0.277 e. The first-order chi connectivity index (χ1) is 10.9. The van der Waals surface area contributed by atoms with Gasteiger partial charge in [-0.3, -0.25) is 4.79 Å². The van der Waals surface area contributed by atoms with Crippen molar-refractivity contribution in [1.82, 2.24) is 15.1 Å². The average molecular weight is 359 g/mol. The van der Waals surface area contributed by atoms with Crippen molar-refractivity contribution >= 4 is 27.5 Å². The molecule has 23 heavy (non-hydrogen) atoms. The molecule has 0 N–H and O–H groups in total. The smallest absolute Gasteiger partial charge is 0.277 e. The third-order valence-corrected chi connectivity index (χ3v) is 6.92. The van der Waals surface area contributed by atoms with Gasteiger partial charge >= 0.3 is 0 Å². The number of hydrogen-bond acceptors (Lipinski definition) is 7. The molecule has 0 radical (unpaired) electrons. The lowest BCUT2D eigenvalue weighted by Gasteiger charge is -2.28. The molecule has 1 aromatic heterocycles. The number of amides is 1. The van der Waals surface area contributed by atoms with Gasteiger partial charge in [0.15, 0.2) is 9.84 Å². The Hall–Kier alpha value is -1.09. The summed E-state index contributed by atoms with van der Waals surface area (Å²) in [6, 6.07) is -0.217. The normalized spacial score (nSPS) is 24.5. The Kier molecular flexibility index (Phi) is 4.68.